The number of likely N-dealkylation sites (tertiary alicyclic amines) is 1. The number of hydrogen-bond acceptors (Lipinski definition) is 5. The molecule has 3 heterocycles. The van der Waals surface area contributed by atoms with Gasteiger partial charge < -0.3 is 5.32 Å². The molecule has 1 saturated carbocycles. The topological polar surface area (TPSA) is 78.8 Å². The molecule has 1 saturated heterocycles. The van der Waals surface area contributed by atoms with Crippen molar-refractivity contribution in [3.8, 4) is 0 Å². The molecule has 1 aliphatic carbocycles. The minimum absolute atomic E-state index is 0.134. The van der Waals surface area contributed by atoms with Gasteiger partial charge in [-0.1, -0.05) is 0 Å². The van der Waals surface area contributed by atoms with E-state index in [0.717, 1.165) is 25.6 Å². The Labute approximate surface area is 135 Å². The number of aromatic amines is 1. The van der Waals surface area contributed by atoms with Crippen LogP contribution in [-0.2, 0) is 5.54 Å². The van der Waals surface area contributed by atoms with Gasteiger partial charge in [-0.25, -0.2) is 4.68 Å². The molecule has 0 spiro atoms. The van der Waals surface area contributed by atoms with E-state index in [1.54, 1.807) is 6.20 Å². The van der Waals surface area contributed by atoms with Crippen LogP contribution >= 0.6 is 0 Å². The van der Waals surface area contributed by atoms with Crippen LogP contribution in [0.25, 0.3) is 11.0 Å². The van der Waals surface area contributed by atoms with E-state index in [9.17, 15) is 4.79 Å². The Morgan fingerprint density at radius 2 is 2.09 bits per heavy atom. The van der Waals surface area contributed by atoms with Crippen molar-refractivity contribution in [1.29, 1.82) is 0 Å². The Morgan fingerprint density at radius 3 is 2.78 bits per heavy atom. The van der Waals surface area contributed by atoms with E-state index in [4.69, 9.17) is 0 Å². The van der Waals surface area contributed by atoms with Gasteiger partial charge in [-0.2, -0.15) is 10.1 Å². The summed E-state index contributed by atoms with van der Waals surface area (Å²) in [5.41, 5.74) is 0.293. The van der Waals surface area contributed by atoms with E-state index in [2.05, 4.69) is 46.1 Å². The van der Waals surface area contributed by atoms with Crippen molar-refractivity contribution in [3.05, 3.63) is 16.6 Å². The van der Waals surface area contributed by atoms with Crippen LogP contribution in [0.5, 0.6) is 0 Å². The number of nitrogens with zero attached hydrogens (tertiary/aromatic N) is 4. The number of nitrogens with one attached hydrogen (secondary N) is 2. The molecule has 2 N–H and O–H groups in total. The van der Waals surface area contributed by atoms with Crippen molar-refractivity contribution in [3.63, 3.8) is 0 Å². The average molecular weight is 316 g/mol. The SMILES string of the molecule is CC(C)(C)n1ncc2c(=O)[nH]c(NC3CCN(C4CC4)C3)nc21. The normalized spacial score (nSPS) is 22.8. The first-order valence-electron chi connectivity index (χ1n) is 8.41. The van der Waals surface area contributed by atoms with Crippen molar-refractivity contribution in [2.75, 3.05) is 18.4 Å². The Hall–Kier alpha value is -1.89. The highest BCUT2D eigenvalue weighted by Crippen LogP contribution is 2.30. The molecule has 7 nitrogen and oxygen atoms in total. The highest BCUT2D eigenvalue weighted by molar-refractivity contribution is 5.74. The lowest BCUT2D eigenvalue weighted by Crippen LogP contribution is -2.29. The number of rotatable bonds is 3. The van der Waals surface area contributed by atoms with Gasteiger partial charge in [0.1, 0.15) is 5.39 Å². The predicted molar refractivity (Wildman–Crippen MR) is 89.8 cm³/mol. The average Bonchev–Trinajstić information content (AvgIpc) is 3.04. The van der Waals surface area contributed by atoms with Gasteiger partial charge >= 0.3 is 0 Å². The van der Waals surface area contributed by atoms with E-state index in [1.807, 2.05) is 4.68 Å². The van der Waals surface area contributed by atoms with Gasteiger partial charge in [-0.05, 0) is 40.0 Å². The van der Waals surface area contributed by atoms with Crippen LogP contribution in [0.4, 0.5) is 5.95 Å². The second kappa shape index (κ2) is 5.06. The third-order valence-electron chi connectivity index (χ3n) is 4.70. The predicted octanol–water partition coefficient (Wildman–Crippen LogP) is 1.52. The summed E-state index contributed by atoms with van der Waals surface area (Å²) in [6.45, 7) is 8.33. The van der Waals surface area contributed by atoms with Gasteiger partial charge in [-0.3, -0.25) is 14.7 Å². The number of H-pyrrole nitrogens is 1. The number of fused-ring (bicyclic) bond motifs is 1. The van der Waals surface area contributed by atoms with E-state index >= 15 is 0 Å². The molecule has 23 heavy (non-hydrogen) atoms. The molecule has 0 radical (unpaired) electrons. The fourth-order valence-electron chi connectivity index (χ4n) is 3.35. The second-order valence-electron chi connectivity index (χ2n) is 7.74. The van der Waals surface area contributed by atoms with Crippen LogP contribution in [0, 0.1) is 0 Å². The molecular formula is C16H24N6O. The fraction of sp³-hybridized carbons (Fsp3) is 0.688. The lowest BCUT2D eigenvalue weighted by Gasteiger charge is -2.20. The molecule has 2 fully saturated rings. The monoisotopic (exact) mass is 316 g/mol. The number of aromatic nitrogens is 4. The van der Waals surface area contributed by atoms with Crippen LogP contribution in [0.2, 0.25) is 0 Å². The minimum atomic E-state index is -0.212. The Morgan fingerprint density at radius 1 is 1.30 bits per heavy atom. The third kappa shape index (κ3) is 2.73. The van der Waals surface area contributed by atoms with E-state index in [0.29, 0.717) is 23.0 Å². The molecule has 4 rings (SSSR count). The first-order chi connectivity index (χ1) is 10.9. The first kappa shape index (κ1) is 14.7. The Balaban J connectivity index is 1.61. The highest BCUT2D eigenvalue weighted by Gasteiger charge is 2.34. The molecule has 0 bridgehead atoms. The molecule has 7 heteroatoms. The van der Waals surface area contributed by atoms with Crippen LogP contribution < -0.4 is 10.9 Å². The molecule has 0 aromatic carbocycles. The summed E-state index contributed by atoms with van der Waals surface area (Å²) in [6, 6.07) is 1.14. The molecule has 0 amide bonds. The van der Waals surface area contributed by atoms with Crippen molar-refractivity contribution in [1.82, 2.24) is 24.6 Å². The van der Waals surface area contributed by atoms with E-state index in [-0.39, 0.29) is 11.1 Å². The third-order valence-corrected chi connectivity index (χ3v) is 4.70. The zero-order valence-corrected chi connectivity index (χ0v) is 14.0. The maximum Gasteiger partial charge on any atom is 0.263 e. The smallest absolute Gasteiger partial charge is 0.263 e. The maximum atomic E-state index is 12.3. The summed E-state index contributed by atoms with van der Waals surface area (Å²) in [6.07, 6.45) is 5.36. The van der Waals surface area contributed by atoms with E-state index < -0.39 is 0 Å². The van der Waals surface area contributed by atoms with Crippen LogP contribution in [0.15, 0.2) is 11.0 Å². The van der Waals surface area contributed by atoms with Gasteiger partial charge in [0, 0.05) is 25.2 Å². The van der Waals surface area contributed by atoms with Crippen molar-refractivity contribution >= 4 is 17.0 Å². The van der Waals surface area contributed by atoms with Gasteiger partial charge in [0.25, 0.3) is 5.56 Å². The molecule has 2 aromatic heterocycles. The molecule has 1 unspecified atom stereocenters. The van der Waals surface area contributed by atoms with Crippen LogP contribution in [0.3, 0.4) is 0 Å². The number of hydrogen-bond donors (Lipinski definition) is 2. The lowest BCUT2D eigenvalue weighted by molar-refractivity contribution is 0.326. The van der Waals surface area contributed by atoms with Gasteiger partial charge in [0.2, 0.25) is 5.95 Å². The molecule has 2 aromatic rings. The molecule has 1 atom stereocenters. The minimum Gasteiger partial charge on any atom is -0.352 e. The summed E-state index contributed by atoms with van der Waals surface area (Å²) in [4.78, 5) is 22.3. The molecule has 1 aliphatic heterocycles. The summed E-state index contributed by atoms with van der Waals surface area (Å²) >= 11 is 0. The van der Waals surface area contributed by atoms with Crippen molar-refractivity contribution in [2.45, 2.75) is 57.7 Å². The fourth-order valence-corrected chi connectivity index (χ4v) is 3.35. The quantitative estimate of drug-likeness (QED) is 0.897. The maximum absolute atomic E-state index is 12.3. The van der Waals surface area contributed by atoms with Crippen molar-refractivity contribution in [2.24, 2.45) is 0 Å². The summed E-state index contributed by atoms with van der Waals surface area (Å²) in [7, 11) is 0. The summed E-state index contributed by atoms with van der Waals surface area (Å²) < 4.78 is 1.81. The summed E-state index contributed by atoms with van der Waals surface area (Å²) in [5, 5.41) is 8.29. The second-order valence-corrected chi connectivity index (χ2v) is 7.74. The molecule has 2 aliphatic rings. The van der Waals surface area contributed by atoms with Crippen molar-refractivity contribution < 1.29 is 0 Å². The van der Waals surface area contributed by atoms with Crippen LogP contribution in [-0.4, -0.2) is 49.8 Å². The van der Waals surface area contributed by atoms with E-state index in [1.165, 1.54) is 12.8 Å². The Kier molecular flexibility index (Phi) is 3.23. The van der Waals surface area contributed by atoms with Gasteiger partial charge in [-0.15, -0.1) is 0 Å². The van der Waals surface area contributed by atoms with Crippen LogP contribution in [0.1, 0.15) is 40.0 Å². The summed E-state index contributed by atoms with van der Waals surface area (Å²) in [5.74, 6) is 0.552. The van der Waals surface area contributed by atoms with Gasteiger partial charge in [0.05, 0.1) is 11.7 Å². The lowest BCUT2D eigenvalue weighted by atomic mass is 10.1. The first-order valence-corrected chi connectivity index (χ1v) is 8.41. The zero-order chi connectivity index (χ0) is 16.2. The molecule has 124 valence electrons. The molecular weight excluding hydrogens is 292 g/mol. The zero-order valence-electron chi connectivity index (χ0n) is 14.0. The Bertz CT molecular complexity index is 782. The highest BCUT2D eigenvalue weighted by atomic mass is 16.1. The van der Waals surface area contributed by atoms with Gasteiger partial charge in [0.15, 0.2) is 5.65 Å². The standard InChI is InChI=1S/C16H24N6O/c1-16(2,3)22-13-12(8-17-22)14(23)20-15(19-13)18-10-6-7-21(9-10)11-4-5-11/h8,10-11H,4-7,9H2,1-3H3,(H2,18,19,20,23). The largest absolute Gasteiger partial charge is 0.352 e. The number of anilines is 1.